The van der Waals surface area contributed by atoms with Crippen LogP contribution < -0.4 is 24.4 Å². The molecule has 4 aromatic carbocycles. The van der Waals surface area contributed by atoms with Crippen LogP contribution in [0.3, 0.4) is 0 Å². The highest BCUT2D eigenvalue weighted by atomic mass is 32.1. The van der Waals surface area contributed by atoms with E-state index in [0.29, 0.717) is 38.0 Å². The number of benzene rings is 4. The summed E-state index contributed by atoms with van der Waals surface area (Å²) in [4.78, 5) is 44.3. The summed E-state index contributed by atoms with van der Waals surface area (Å²) in [5.74, 6) is 0.604. The van der Waals surface area contributed by atoms with Gasteiger partial charge >= 0.3 is 5.97 Å². The van der Waals surface area contributed by atoms with Crippen LogP contribution in [0.4, 0.5) is 5.69 Å². The standard InChI is InChI=1S/C39H35N3O7S/c1-5-48-38(44)33-34(27-10-7-6-8-11-27)40-39-41(35(33)28-18-16-26(17-19-28)24(2)3)37(43)32(50-39)22-29-12-9-13-31(47-4)36(29)49-23-25-14-20-30(21-15-25)42(45)46/h6-22,24,35H,5,23H2,1-4H3/b32-22-/t35-/m0/s1. The van der Waals surface area contributed by atoms with Gasteiger partial charge in [-0.15, -0.1) is 0 Å². The molecule has 1 aromatic heterocycles. The molecule has 0 amide bonds. The predicted octanol–water partition coefficient (Wildman–Crippen LogP) is 6.55. The molecule has 50 heavy (non-hydrogen) atoms. The largest absolute Gasteiger partial charge is 0.493 e. The van der Waals surface area contributed by atoms with E-state index in [4.69, 9.17) is 19.2 Å². The summed E-state index contributed by atoms with van der Waals surface area (Å²) in [6.07, 6.45) is 1.73. The van der Waals surface area contributed by atoms with Crippen molar-refractivity contribution in [2.75, 3.05) is 13.7 Å². The molecule has 0 spiro atoms. The Kier molecular flexibility index (Phi) is 10.1. The van der Waals surface area contributed by atoms with Crippen LogP contribution in [0.15, 0.2) is 112 Å². The van der Waals surface area contributed by atoms with Gasteiger partial charge in [0.15, 0.2) is 16.3 Å². The van der Waals surface area contributed by atoms with Gasteiger partial charge in [-0.05, 0) is 53.8 Å². The van der Waals surface area contributed by atoms with Crippen molar-refractivity contribution in [2.45, 2.75) is 39.3 Å². The van der Waals surface area contributed by atoms with E-state index in [1.807, 2.05) is 60.7 Å². The number of thiazole rings is 1. The zero-order valence-electron chi connectivity index (χ0n) is 28.0. The molecule has 1 aliphatic heterocycles. The van der Waals surface area contributed by atoms with Crippen molar-refractivity contribution in [2.24, 2.45) is 4.99 Å². The van der Waals surface area contributed by atoms with E-state index >= 15 is 0 Å². The molecule has 0 N–H and O–H groups in total. The number of rotatable bonds is 11. The Bertz CT molecular complexity index is 2260. The van der Waals surface area contributed by atoms with Crippen molar-refractivity contribution in [1.82, 2.24) is 4.57 Å². The highest BCUT2D eigenvalue weighted by Crippen LogP contribution is 2.36. The van der Waals surface area contributed by atoms with Gasteiger partial charge < -0.3 is 14.2 Å². The molecule has 254 valence electrons. The molecule has 5 aromatic rings. The molecule has 1 aliphatic rings. The Hall–Kier alpha value is -5.81. The number of carbonyl (C=O) groups excluding carboxylic acids is 1. The summed E-state index contributed by atoms with van der Waals surface area (Å²) in [7, 11) is 1.53. The molecule has 0 unspecified atom stereocenters. The first kappa shape index (κ1) is 34.1. The molecule has 0 fully saturated rings. The van der Waals surface area contributed by atoms with Crippen LogP contribution in [0.25, 0.3) is 11.8 Å². The summed E-state index contributed by atoms with van der Waals surface area (Å²) in [6.45, 7) is 6.23. The first-order valence-electron chi connectivity index (χ1n) is 16.1. The van der Waals surface area contributed by atoms with Gasteiger partial charge in [-0.2, -0.15) is 0 Å². The molecular formula is C39H35N3O7S. The number of esters is 1. The van der Waals surface area contributed by atoms with Crippen LogP contribution in [0.5, 0.6) is 11.5 Å². The second-order valence-corrected chi connectivity index (χ2v) is 12.9. The number of ether oxygens (including phenoxy) is 3. The maximum atomic E-state index is 14.5. The van der Waals surface area contributed by atoms with Crippen LogP contribution in [0, 0.1) is 10.1 Å². The lowest BCUT2D eigenvalue weighted by atomic mass is 9.91. The predicted molar refractivity (Wildman–Crippen MR) is 192 cm³/mol. The molecule has 11 heteroatoms. The minimum Gasteiger partial charge on any atom is -0.493 e. The minimum atomic E-state index is -0.799. The summed E-state index contributed by atoms with van der Waals surface area (Å²) in [5, 5.41) is 11.1. The number of carbonyl (C=O) groups is 1. The van der Waals surface area contributed by atoms with Gasteiger partial charge in [0.2, 0.25) is 0 Å². The second-order valence-electron chi connectivity index (χ2n) is 11.8. The van der Waals surface area contributed by atoms with Crippen molar-refractivity contribution in [3.05, 3.63) is 160 Å². The lowest BCUT2D eigenvalue weighted by Gasteiger charge is -2.26. The molecule has 0 bridgehead atoms. The topological polar surface area (TPSA) is 122 Å². The number of nitro benzene ring substituents is 1. The van der Waals surface area contributed by atoms with E-state index in [9.17, 15) is 19.7 Å². The van der Waals surface area contributed by atoms with E-state index in [1.165, 1.54) is 30.6 Å². The fourth-order valence-electron chi connectivity index (χ4n) is 5.79. The van der Waals surface area contributed by atoms with Crippen molar-refractivity contribution in [1.29, 1.82) is 0 Å². The number of fused-ring (bicyclic) bond motifs is 1. The first-order valence-corrected chi connectivity index (χ1v) is 16.9. The smallest absolute Gasteiger partial charge is 0.338 e. The van der Waals surface area contributed by atoms with Gasteiger partial charge in [-0.25, -0.2) is 9.79 Å². The SMILES string of the molecule is CCOC(=O)C1=C(c2ccccc2)N=c2s/c(=C\c3cccc(OC)c3OCc3ccc([N+](=O)[O-])cc3)c(=O)n2[C@H]1c1ccc(C(C)C)cc1. The third-order valence-electron chi connectivity index (χ3n) is 8.34. The van der Waals surface area contributed by atoms with Gasteiger partial charge in [0.25, 0.3) is 11.2 Å². The number of para-hydroxylation sites is 1. The van der Waals surface area contributed by atoms with Gasteiger partial charge in [0.05, 0.1) is 40.5 Å². The zero-order chi connectivity index (χ0) is 35.4. The molecule has 1 atom stereocenters. The summed E-state index contributed by atoms with van der Waals surface area (Å²) in [5.41, 5.74) is 4.30. The van der Waals surface area contributed by atoms with Gasteiger partial charge in [-0.1, -0.05) is 91.9 Å². The van der Waals surface area contributed by atoms with Crippen molar-refractivity contribution >= 4 is 34.8 Å². The Balaban J connectivity index is 1.52. The summed E-state index contributed by atoms with van der Waals surface area (Å²) in [6, 6.07) is 28.0. The second kappa shape index (κ2) is 14.8. The lowest BCUT2D eigenvalue weighted by molar-refractivity contribution is -0.384. The van der Waals surface area contributed by atoms with E-state index < -0.39 is 16.9 Å². The van der Waals surface area contributed by atoms with E-state index in [1.54, 1.807) is 41.8 Å². The molecule has 0 saturated heterocycles. The van der Waals surface area contributed by atoms with Crippen LogP contribution in [-0.4, -0.2) is 29.2 Å². The molecule has 0 radical (unpaired) electrons. The Labute approximate surface area is 292 Å². The van der Waals surface area contributed by atoms with Gasteiger partial charge in [-0.3, -0.25) is 19.5 Å². The summed E-state index contributed by atoms with van der Waals surface area (Å²) >= 11 is 1.21. The van der Waals surface area contributed by atoms with Crippen LogP contribution in [-0.2, 0) is 16.1 Å². The average molecular weight is 690 g/mol. The number of hydrogen-bond acceptors (Lipinski definition) is 9. The highest BCUT2D eigenvalue weighted by Gasteiger charge is 2.35. The monoisotopic (exact) mass is 689 g/mol. The third-order valence-corrected chi connectivity index (χ3v) is 9.32. The van der Waals surface area contributed by atoms with E-state index in [-0.39, 0.29) is 30.0 Å². The highest BCUT2D eigenvalue weighted by molar-refractivity contribution is 7.07. The molecular weight excluding hydrogens is 655 g/mol. The summed E-state index contributed by atoms with van der Waals surface area (Å²) < 4.78 is 19.3. The molecule has 0 saturated carbocycles. The van der Waals surface area contributed by atoms with Gasteiger partial charge in [0.1, 0.15) is 6.61 Å². The maximum absolute atomic E-state index is 14.5. The van der Waals surface area contributed by atoms with Crippen LogP contribution >= 0.6 is 11.3 Å². The van der Waals surface area contributed by atoms with Crippen LogP contribution in [0.1, 0.15) is 60.5 Å². The Morgan fingerprint density at radius 3 is 2.36 bits per heavy atom. The van der Waals surface area contributed by atoms with E-state index in [2.05, 4.69) is 13.8 Å². The Morgan fingerprint density at radius 1 is 1.00 bits per heavy atom. The van der Waals surface area contributed by atoms with Crippen molar-refractivity contribution in [3.63, 3.8) is 0 Å². The number of nitro groups is 1. The molecule has 6 rings (SSSR count). The number of hydrogen-bond donors (Lipinski definition) is 0. The number of methoxy groups -OCH3 is 1. The normalized spacial score (nSPS) is 14.3. The lowest BCUT2D eigenvalue weighted by Crippen LogP contribution is -2.40. The molecule has 0 aliphatic carbocycles. The minimum absolute atomic E-state index is 0.0159. The van der Waals surface area contributed by atoms with Crippen molar-refractivity contribution < 1.29 is 23.9 Å². The molecule has 2 heterocycles. The Morgan fingerprint density at radius 2 is 1.72 bits per heavy atom. The first-order chi connectivity index (χ1) is 24.2. The molecule has 10 nitrogen and oxygen atoms in total. The number of non-ortho nitro benzene ring substituents is 1. The van der Waals surface area contributed by atoms with Crippen molar-refractivity contribution in [3.8, 4) is 11.5 Å². The number of nitrogens with zero attached hydrogens (tertiary/aromatic N) is 3. The fraction of sp³-hybridized carbons (Fsp3) is 0.205. The maximum Gasteiger partial charge on any atom is 0.338 e. The number of aromatic nitrogens is 1. The zero-order valence-corrected chi connectivity index (χ0v) is 28.8. The van der Waals surface area contributed by atoms with E-state index in [0.717, 1.165) is 22.3 Å². The van der Waals surface area contributed by atoms with Gasteiger partial charge in [0, 0.05) is 23.3 Å². The quantitative estimate of drug-likeness (QED) is 0.0875. The third kappa shape index (κ3) is 6.85. The average Bonchev–Trinajstić information content (AvgIpc) is 3.44. The fourth-order valence-corrected chi connectivity index (χ4v) is 6.78. The van der Waals surface area contributed by atoms with Crippen LogP contribution in [0.2, 0.25) is 0 Å².